The van der Waals surface area contributed by atoms with Crippen molar-refractivity contribution in [2.45, 2.75) is 18.5 Å². The summed E-state index contributed by atoms with van der Waals surface area (Å²) >= 11 is 0. The van der Waals surface area contributed by atoms with Gasteiger partial charge < -0.3 is 40.3 Å². The number of rotatable bonds is 6. The molecule has 15 nitrogen and oxygen atoms in total. The predicted molar refractivity (Wildman–Crippen MR) is 90.2 cm³/mol. The van der Waals surface area contributed by atoms with Gasteiger partial charge in [0, 0.05) is 7.05 Å². The molecule has 3 heterocycles. The monoisotopic (exact) mass is 441 g/mol. The Bertz CT molecular complexity index is 925. The second kappa shape index (κ2) is 7.22. The summed E-state index contributed by atoms with van der Waals surface area (Å²) in [5.74, 6) is -1.10. The molecule has 17 heteroatoms. The summed E-state index contributed by atoms with van der Waals surface area (Å²) in [7, 11) is -8.76. The van der Waals surface area contributed by atoms with Crippen LogP contribution in [0.4, 0.5) is 5.82 Å². The van der Waals surface area contributed by atoms with Crippen molar-refractivity contribution < 1.29 is 47.6 Å². The number of phosphoric acid groups is 2. The van der Waals surface area contributed by atoms with E-state index in [0.29, 0.717) is 5.69 Å². The number of nitrogens with zero attached hydrogens (tertiary/aromatic N) is 4. The van der Waals surface area contributed by atoms with Crippen molar-refractivity contribution in [1.29, 1.82) is 0 Å². The Morgan fingerprint density at radius 2 is 1.96 bits per heavy atom. The van der Waals surface area contributed by atoms with Crippen LogP contribution in [0, 0.1) is 0 Å². The van der Waals surface area contributed by atoms with Crippen molar-refractivity contribution in [3.63, 3.8) is 0 Å². The summed E-state index contributed by atoms with van der Waals surface area (Å²) in [5.41, 5.74) is 6.36. The Balaban J connectivity index is 1.75. The van der Waals surface area contributed by atoms with Crippen LogP contribution in [0.5, 0.6) is 0 Å². The van der Waals surface area contributed by atoms with E-state index in [1.165, 1.54) is 17.2 Å². The summed E-state index contributed by atoms with van der Waals surface area (Å²) in [6, 6.07) is 0. The van der Waals surface area contributed by atoms with Crippen LogP contribution < -0.4 is 5.73 Å². The van der Waals surface area contributed by atoms with Crippen molar-refractivity contribution in [2.75, 3.05) is 13.7 Å². The molecule has 1 aromatic rings. The third-order valence-corrected chi connectivity index (χ3v) is 5.97. The van der Waals surface area contributed by atoms with Gasteiger partial charge in [-0.3, -0.25) is 9.09 Å². The first-order valence-electron chi connectivity index (χ1n) is 7.49. The summed E-state index contributed by atoms with van der Waals surface area (Å²) in [6.07, 6.45) is -0.625. The number of fused-ring (bicyclic) bond motifs is 1. The molecule has 0 bridgehead atoms. The van der Waals surface area contributed by atoms with Crippen LogP contribution >= 0.6 is 15.6 Å². The number of phosphoric ester groups is 1. The van der Waals surface area contributed by atoms with E-state index in [0.717, 1.165) is 0 Å². The van der Waals surface area contributed by atoms with Crippen LogP contribution in [0.3, 0.4) is 0 Å². The van der Waals surface area contributed by atoms with Gasteiger partial charge in [-0.1, -0.05) is 0 Å². The summed E-state index contributed by atoms with van der Waals surface area (Å²) in [5, 5.41) is 20.2. The zero-order valence-electron chi connectivity index (χ0n) is 14.1. The molecular formula is C11H17N5O10P2. The van der Waals surface area contributed by atoms with Crippen molar-refractivity contribution >= 4 is 27.8 Å². The first-order valence-corrected chi connectivity index (χ1v) is 10.5. The molecule has 3 rings (SSSR count). The molecule has 0 fully saturated rings. The van der Waals surface area contributed by atoms with E-state index in [4.69, 9.17) is 20.3 Å². The molecule has 28 heavy (non-hydrogen) atoms. The molecule has 2 unspecified atom stereocenters. The van der Waals surface area contributed by atoms with E-state index in [-0.39, 0.29) is 5.82 Å². The zero-order valence-corrected chi connectivity index (χ0v) is 15.9. The van der Waals surface area contributed by atoms with E-state index in [9.17, 15) is 24.2 Å². The quantitative estimate of drug-likeness (QED) is 0.318. The average Bonchev–Trinajstić information content (AvgIpc) is 3.10. The van der Waals surface area contributed by atoms with E-state index in [2.05, 4.69) is 18.8 Å². The van der Waals surface area contributed by atoms with Gasteiger partial charge in [0.2, 0.25) is 0 Å². The molecule has 0 aliphatic carbocycles. The maximum atomic E-state index is 11.5. The Hall–Kier alpha value is -1.80. The van der Waals surface area contributed by atoms with Crippen molar-refractivity contribution in [3.8, 4) is 0 Å². The van der Waals surface area contributed by atoms with Crippen LogP contribution in [0.2, 0.25) is 0 Å². The molecule has 156 valence electrons. The lowest BCUT2D eigenvalue weighted by molar-refractivity contribution is -0.0334. The van der Waals surface area contributed by atoms with Gasteiger partial charge >= 0.3 is 15.6 Å². The third kappa shape index (κ3) is 4.12. The fraction of sp³-hybridized carbons (Fsp3) is 0.455. The van der Waals surface area contributed by atoms with Gasteiger partial charge in [0.05, 0.1) is 19.3 Å². The molecule has 0 saturated carbocycles. The topological polar surface area (TPSA) is 222 Å². The Morgan fingerprint density at radius 3 is 2.61 bits per heavy atom. The molecule has 2 aliphatic rings. The Morgan fingerprint density at radius 1 is 1.29 bits per heavy atom. The lowest BCUT2D eigenvalue weighted by atomic mass is 10.3. The first-order chi connectivity index (χ1) is 12.9. The fourth-order valence-electron chi connectivity index (χ4n) is 2.50. The average molecular weight is 441 g/mol. The van der Waals surface area contributed by atoms with Gasteiger partial charge in [0.1, 0.15) is 18.0 Å². The van der Waals surface area contributed by atoms with Gasteiger partial charge in [-0.15, -0.1) is 0 Å². The van der Waals surface area contributed by atoms with Crippen LogP contribution in [0.15, 0.2) is 22.8 Å². The molecule has 0 spiro atoms. The summed E-state index contributed by atoms with van der Waals surface area (Å²) < 4.78 is 36.8. The molecule has 2 aliphatic heterocycles. The second-order valence-electron chi connectivity index (χ2n) is 5.80. The Labute approximate surface area is 157 Å². The van der Waals surface area contributed by atoms with Crippen LogP contribution in [0.1, 0.15) is 18.1 Å². The molecule has 0 radical (unpaired) electrons. The largest absolute Gasteiger partial charge is 0.506 e. The number of hydrogen-bond donors (Lipinski definition) is 6. The molecule has 1 aromatic heterocycles. The van der Waals surface area contributed by atoms with E-state index < -0.39 is 52.3 Å². The normalized spacial score (nSPS) is 27.2. The number of aromatic nitrogens is 2. The number of hydrogen-bond acceptors (Lipinski definition) is 11. The highest BCUT2D eigenvalue weighted by molar-refractivity contribution is 7.60. The van der Waals surface area contributed by atoms with E-state index in [1.54, 1.807) is 11.9 Å². The van der Waals surface area contributed by atoms with Gasteiger partial charge in [-0.2, -0.15) is 4.31 Å². The van der Waals surface area contributed by atoms with Crippen LogP contribution in [-0.4, -0.2) is 65.4 Å². The lowest BCUT2D eigenvalue weighted by Gasteiger charge is -2.25. The number of imidazole rings is 1. The Kier molecular flexibility index (Phi) is 5.40. The van der Waals surface area contributed by atoms with Gasteiger partial charge in [-0.25, -0.2) is 19.1 Å². The van der Waals surface area contributed by atoms with Crippen molar-refractivity contribution in [2.24, 2.45) is 10.7 Å². The number of ether oxygens (including phenoxy) is 1. The maximum Gasteiger partial charge on any atom is 0.481 e. The van der Waals surface area contributed by atoms with E-state index >= 15 is 0 Å². The molecule has 7 N–H and O–H groups in total. The summed E-state index contributed by atoms with van der Waals surface area (Å²) in [6.45, 7) is -0.859. The van der Waals surface area contributed by atoms with Gasteiger partial charge in [0.25, 0.3) is 0 Å². The van der Waals surface area contributed by atoms with Crippen molar-refractivity contribution in [1.82, 2.24) is 14.5 Å². The number of aliphatic imine (C=N–C) groups is 1. The van der Waals surface area contributed by atoms with Crippen molar-refractivity contribution in [3.05, 3.63) is 23.5 Å². The smallest absolute Gasteiger partial charge is 0.481 e. The minimum atomic E-state index is -5.30. The SMILES string of the molecule is CN1C=Nc2c(ncn2[C@@H]2O[C@H](COP(=O)(O)OP(=O)(O)O)C(O)=C2O)C1N. The standard InChI is InChI=1S/C11H17N5O10P2/c1-15-3-14-10-6(9(15)12)13-4-16(10)11-8(18)7(17)5(25-11)2-24-28(22,23)26-27(19,20)21/h3-5,9,11,17-18H,2,12H2,1H3,(H,22,23)(H2,19,20,21)/t5-,9?,11-/m1/s1. The highest BCUT2D eigenvalue weighted by Crippen LogP contribution is 2.57. The number of nitrogens with two attached hydrogens (primary N) is 1. The number of aliphatic hydroxyl groups is 2. The molecule has 0 amide bonds. The fourth-order valence-corrected chi connectivity index (χ4v) is 4.09. The van der Waals surface area contributed by atoms with Crippen LogP contribution in [0.25, 0.3) is 0 Å². The summed E-state index contributed by atoms with van der Waals surface area (Å²) in [4.78, 5) is 36.3. The molecule has 4 atom stereocenters. The highest BCUT2D eigenvalue weighted by atomic mass is 31.3. The van der Waals surface area contributed by atoms with E-state index in [1.807, 2.05) is 0 Å². The molecule has 0 saturated heterocycles. The third-order valence-electron chi connectivity index (χ3n) is 3.82. The number of aliphatic hydroxyl groups excluding tert-OH is 2. The second-order valence-corrected chi connectivity index (χ2v) is 8.63. The molecular weight excluding hydrogens is 424 g/mol. The lowest BCUT2D eigenvalue weighted by Crippen LogP contribution is -2.32. The predicted octanol–water partition coefficient (Wildman–Crippen LogP) is -0.103. The highest BCUT2D eigenvalue weighted by Gasteiger charge is 2.41. The first kappa shape index (κ1) is 20.9. The maximum absolute atomic E-state index is 11.5. The zero-order chi connectivity index (χ0) is 20.9. The van der Waals surface area contributed by atoms with Gasteiger partial charge in [-0.05, 0) is 0 Å². The minimum Gasteiger partial charge on any atom is -0.506 e. The van der Waals surface area contributed by atoms with Crippen LogP contribution in [-0.2, 0) is 22.7 Å². The molecule has 0 aromatic carbocycles. The van der Waals surface area contributed by atoms with Gasteiger partial charge in [0.15, 0.2) is 23.6 Å². The minimum absolute atomic E-state index is 0.259.